The maximum absolute atomic E-state index is 13.0. The first-order valence-corrected chi connectivity index (χ1v) is 9.09. The molecule has 0 aliphatic rings. The molecule has 3 rings (SSSR count). The van der Waals surface area contributed by atoms with Gasteiger partial charge in [-0.25, -0.2) is 4.79 Å². The summed E-state index contributed by atoms with van der Waals surface area (Å²) < 4.78 is 73.4. The van der Waals surface area contributed by atoms with Crippen LogP contribution in [-0.2, 0) is 16.3 Å². The lowest BCUT2D eigenvalue weighted by atomic mass is 10.1. The van der Waals surface area contributed by atoms with Crippen molar-refractivity contribution in [1.29, 1.82) is 0 Å². The lowest BCUT2D eigenvalue weighted by molar-refractivity contribution is -0.136. The SMILES string of the molecule is CC(=O)c1ccc(S(=O)(=O)Oc2ccc3c(C(F)(F)F)cc(=O)oc3c2)cc1. The first kappa shape index (κ1) is 19.6. The fourth-order valence-corrected chi connectivity index (χ4v) is 3.38. The van der Waals surface area contributed by atoms with Gasteiger partial charge in [-0.1, -0.05) is 12.1 Å². The fourth-order valence-electron chi connectivity index (χ4n) is 2.46. The lowest BCUT2D eigenvalue weighted by Crippen LogP contribution is -2.12. The van der Waals surface area contributed by atoms with Crippen LogP contribution in [-0.4, -0.2) is 14.2 Å². The lowest BCUT2D eigenvalue weighted by Gasteiger charge is -2.11. The average Bonchev–Trinajstić information content (AvgIpc) is 2.59. The van der Waals surface area contributed by atoms with E-state index in [0.29, 0.717) is 11.6 Å². The summed E-state index contributed by atoms with van der Waals surface area (Å²) >= 11 is 0. The third-order valence-corrected chi connectivity index (χ3v) is 5.04. The molecule has 0 saturated heterocycles. The van der Waals surface area contributed by atoms with Gasteiger partial charge in [0.05, 0.1) is 5.56 Å². The van der Waals surface area contributed by atoms with Crippen LogP contribution >= 0.6 is 0 Å². The molecule has 0 saturated carbocycles. The molecule has 0 bridgehead atoms. The number of carbonyl (C=O) groups excluding carboxylic acids is 1. The van der Waals surface area contributed by atoms with Crippen molar-refractivity contribution in [2.45, 2.75) is 18.0 Å². The summed E-state index contributed by atoms with van der Waals surface area (Å²) in [5, 5.41) is -0.414. The van der Waals surface area contributed by atoms with Gasteiger partial charge in [0, 0.05) is 23.1 Å². The number of alkyl halides is 3. The molecule has 0 aliphatic carbocycles. The van der Waals surface area contributed by atoms with Crippen LogP contribution in [0.15, 0.2) is 62.6 Å². The number of ketones is 1. The second-order valence-corrected chi connectivity index (χ2v) is 7.30. The molecule has 28 heavy (non-hydrogen) atoms. The van der Waals surface area contributed by atoms with Crippen molar-refractivity contribution in [3.8, 4) is 5.75 Å². The van der Waals surface area contributed by atoms with E-state index in [1.807, 2.05) is 0 Å². The summed E-state index contributed by atoms with van der Waals surface area (Å²) in [5.41, 5.74) is -2.61. The van der Waals surface area contributed by atoms with Crippen molar-refractivity contribution in [3.05, 3.63) is 70.1 Å². The molecule has 1 heterocycles. The Bertz CT molecular complexity index is 1220. The Morgan fingerprint density at radius 2 is 1.68 bits per heavy atom. The molecule has 6 nitrogen and oxygen atoms in total. The van der Waals surface area contributed by atoms with Crippen LogP contribution in [0.5, 0.6) is 5.75 Å². The quantitative estimate of drug-likeness (QED) is 0.368. The number of carbonyl (C=O) groups is 1. The second kappa shape index (κ2) is 6.79. The predicted octanol–water partition coefficient (Wildman–Crippen LogP) is 3.78. The zero-order valence-electron chi connectivity index (χ0n) is 14.1. The van der Waals surface area contributed by atoms with E-state index in [0.717, 1.165) is 30.3 Å². The molecule has 0 spiro atoms. The molecule has 146 valence electrons. The van der Waals surface area contributed by atoms with Crippen molar-refractivity contribution in [3.63, 3.8) is 0 Å². The van der Waals surface area contributed by atoms with Gasteiger partial charge in [-0.3, -0.25) is 4.79 Å². The summed E-state index contributed by atoms with van der Waals surface area (Å²) in [5.74, 6) is -0.597. The van der Waals surface area contributed by atoms with Crippen LogP contribution < -0.4 is 9.81 Å². The highest BCUT2D eigenvalue weighted by molar-refractivity contribution is 7.87. The molecule has 0 amide bonds. The van der Waals surface area contributed by atoms with Gasteiger partial charge in [0.15, 0.2) is 5.78 Å². The Kier molecular flexibility index (Phi) is 4.76. The van der Waals surface area contributed by atoms with E-state index >= 15 is 0 Å². The molecule has 3 aromatic rings. The van der Waals surface area contributed by atoms with Gasteiger partial charge < -0.3 is 8.60 Å². The molecule has 0 atom stereocenters. The third kappa shape index (κ3) is 3.91. The minimum absolute atomic E-state index is 0.255. The topological polar surface area (TPSA) is 90.6 Å². The summed E-state index contributed by atoms with van der Waals surface area (Å²) in [6, 6.07) is 8.08. The molecule has 10 heteroatoms. The highest BCUT2D eigenvalue weighted by Gasteiger charge is 2.34. The third-order valence-electron chi connectivity index (χ3n) is 3.78. The van der Waals surface area contributed by atoms with E-state index in [2.05, 4.69) is 0 Å². The van der Waals surface area contributed by atoms with Crippen LogP contribution in [0.4, 0.5) is 13.2 Å². The number of rotatable bonds is 4. The van der Waals surface area contributed by atoms with E-state index in [1.165, 1.54) is 19.1 Å². The van der Waals surface area contributed by atoms with Crippen LogP contribution in [0.2, 0.25) is 0 Å². The zero-order valence-corrected chi connectivity index (χ0v) is 14.9. The number of fused-ring (bicyclic) bond motifs is 1. The van der Waals surface area contributed by atoms with Gasteiger partial charge in [-0.05, 0) is 31.2 Å². The Hall–Kier alpha value is -3.14. The average molecular weight is 412 g/mol. The van der Waals surface area contributed by atoms with Gasteiger partial charge in [0.25, 0.3) is 0 Å². The van der Waals surface area contributed by atoms with Gasteiger partial charge in [-0.2, -0.15) is 21.6 Å². The minimum atomic E-state index is -4.79. The first-order valence-electron chi connectivity index (χ1n) is 7.68. The van der Waals surface area contributed by atoms with Crippen molar-refractivity contribution < 1.29 is 35.0 Å². The first-order chi connectivity index (χ1) is 13.0. The van der Waals surface area contributed by atoms with Gasteiger partial charge in [-0.15, -0.1) is 0 Å². The molecular weight excluding hydrogens is 401 g/mol. The summed E-state index contributed by atoms with van der Waals surface area (Å²) in [6.45, 7) is 1.32. The smallest absolute Gasteiger partial charge is 0.417 e. The molecule has 0 fully saturated rings. The zero-order chi connectivity index (χ0) is 20.7. The molecular formula is C18H11F3O6S. The maximum Gasteiger partial charge on any atom is 0.417 e. The summed E-state index contributed by atoms with van der Waals surface area (Å²) in [6.07, 6.45) is -4.79. The Balaban J connectivity index is 2.00. The van der Waals surface area contributed by atoms with Crippen molar-refractivity contribution in [2.24, 2.45) is 0 Å². The summed E-state index contributed by atoms with van der Waals surface area (Å²) in [7, 11) is -4.33. The highest BCUT2D eigenvalue weighted by atomic mass is 32.2. The van der Waals surface area contributed by atoms with Gasteiger partial charge in [0.2, 0.25) is 0 Å². The van der Waals surface area contributed by atoms with Crippen LogP contribution in [0, 0.1) is 0 Å². The Morgan fingerprint density at radius 3 is 2.25 bits per heavy atom. The van der Waals surface area contributed by atoms with Gasteiger partial charge >= 0.3 is 21.9 Å². The monoisotopic (exact) mass is 412 g/mol. The Morgan fingerprint density at radius 1 is 1.04 bits per heavy atom. The summed E-state index contributed by atoms with van der Waals surface area (Å²) in [4.78, 5) is 22.4. The van der Waals surface area contributed by atoms with Gasteiger partial charge in [0.1, 0.15) is 16.2 Å². The molecule has 2 aromatic carbocycles. The van der Waals surface area contributed by atoms with E-state index < -0.39 is 38.5 Å². The van der Waals surface area contributed by atoms with E-state index in [9.17, 15) is 31.2 Å². The second-order valence-electron chi connectivity index (χ2n) is 5.75. The number of Topliss-reactive ketones (excluding diaryl/α,β-unsaturated/α-hetero) is 1. The van der Waals surface area contributed by atoms with Crippen molar-refractivity contribution in [2.75, 3.05) is 0 Å². The standard InChI is InChI=1S/C18H11F3O6S/c1-10(22)11-2-5-13(6-3-11)28(24,25)27-12-4-7-14-15(18(19,20)21)9-17(23)26-16(14)8-12/h2-9H,1H3. The highest BCUT2D eigenvalue weighted by Crippen LogP contribution is 2.35. The van der Waals surface area contributed by atoms with Crippen molar-refractivity contribution in [1.82, 2.24) is 0 Å². The van der Waals surface area contributed by atoms with Crippen LogP contribution in [0.3, 0.4) is 0 Å². The fraction of sp³-hybridized carbons (Fsp3) is 0.111. The normalized spacial score (nSPS) is 12.1. The number of hydrogen-bond acceptors (Lipinski definition) is 6. The molecule has 0 radical (unpaired) electrons. The molecule has 0 N–H and O–H groups in total. The van der Waals surface area contributed by atoms with Crippen LogP contribution in [0.1, 0.15) is 22.8 Å². The predicted molar refractivity (Wildman–Crippen MR) is 91.7 cm³/mol. The molecule has 0 aliphatic heterocycles. The van der Waals surface area contributed by atoms with E-state index in [1.54, 1.807) is 0 Å². The Labute approximate surface area is 156 Å². The maximum atomic E-state index is 13.0. The van der Waals surface area contributed by atoms with E-state index in [-0.39, 0.29) is 16.4 Å². The number of halogens is 3. The van der Waals surface area contributed by atoms with E-state index in [4.69, 9.17) is 8.60 Å². The van der Waals surface area contributed by atoms with Crippen molar-refractivity contribution >= 4 is 26.9 Å². The van der Waals surface area contributed by atoms with Crippen LogP contribution in [0.25, 0.3) is 11.0 Å². The largest absolute Gasteiger partial charge is 0.423 e. The molecule has 0 unspecified atom stereocenters. The number of benzene rings is 2. The minimum Gasteiger partial charge on any atom is -0.423 e. The number of hydrogen-bond donors (Lipinski definition) is 0. The molecule has 1 aromatic heterocycles.